The number of amides is 1. The van der Waals surface area contributed by atoms with Crippen molar-refractivity contribution in [1.82, 2.24) is 10.2 Å². The SMILES string of the molecule is Cc1ccccc1C(CN)N1CCC2NC(=O)CCC2C1. The summed E-state index contributed by atoms with van der Waals surface area (Å²) in [6.07, 6.45) is 2.73. The van der Waals surface area contributed by atoms with Crippen molar-refractivity contribution in [2.24, 2.45) is 11.7 Å². The van der Waals surface area contributed by atoms with Gasteiger partial charge in [0, 0.05) is 38.1 Å². The Hall–Kier alpha value is -1.39. The number of piperidine rings is 2. The zero-order chi connectivity index (χ0) is 14.8. The molecular formula is C17H25N3O. The molecule has 0 aliphatic carbocycles. The van der Waals surface area contributed by atoms with Crippen LogP contribution in [0.2, 0.25) is 0 Å². The summed E-state index contributed by atoms with van der Waals surface area (Å²) in [6, 6.07) is 9.20. The van der Waals surface area contributed by atoms with E-state index < -0.39 is 0 Å². The number of nitrogens with two attached hydrogens (primary N) is 1. The number of nitrogens with one attached hydrogen (secondary N) is 1. The standard InChI is InChI=1S/C17H25N3O/c1-12-4-2-3-5-14(12)16(10-18)20-9-8-15-13(11-20)6-7-17(21)19-15/h2-5,13,15-16H,6-11,18H2,1H3,(H,19,21). The first kappa shape index (κ1) is 14.5. The molecule has 0 bridgehead atoms. The molecule has 4 nitrogen and oxygen atoms in total. The number of aryl methyl sites for hydroxylation is 1. The molecule has 3 unspecified atom stereocenters. The van der Waals surface area contributed by atoms with E-state index in [4.69, 9.17) is 5.73 Å². The Morgan fingerprint density at radius 3 is 2.95 bits per heavy atom. The lowest BCUT2D eigenvalue weighted by Crippen LogP contribution is -2.55. The van der Waals surface area contributed by atoms with Crippen molar-refractivity contribution in [1.29, 1.82) is 0 Å². The second-order valence-electron chi connectivity index (χ2n) is 6.36. The molecule has 1 aromatic carbocycles. The summed E-state index contributed by atoms with van der Waals surface area (Å²) in [5.74, 6) is 0.800. The van der Waals surface area contributed by atoms with Gasteiger partial charge in [0.25, 0.3) is 0 Å². The van der Waals surface area contributed by atoms with Crippen molar-refractivity contribution < 1.29 is 4.79 Å². The summed E-state index contributed by atoms with van der Waals surface area (Å²) in [5, 5.41) is 3.15. The van der Waals surface area contributed by atoms with Crippen molar-refractivity contribution in [3.8, 4) is 0 Å². The quantitative estimate of drug-likeness (QED) is 0.887. The van der Waals surface area contributed by atoms with Crippen molar-refractivity contribution in [2.75, 3.05) is 19.6 Å². The molecule has 114 valence electrons. The summed E-state index contributed by atoms with van der Waals surface area (Å²) >= 11 is 0. The maximum Gasteiger partial charge on any atom is 0.220 e. The zero-order valence-electron chi connectivity index (χ0n) is 12.7. The molecule has 0 saturated carbocycles. The number of hydrogen-bond donors (Lipinski definition) is 2. The predicted octanol–water partition coefficient (Wildman–Crippen LogP) is 1.60. The van der Waals surface area contributed by atoms with Gasteiger partial charge in [-0.1, -0.05) is 24.3 Å². The number of likely N-dealkylation sites (tertiary alicyclic amines) is 1. The van der Waals surface area contributed by atoms with Gasteiger partial charge in [0.05, 0.1) is 0 Å². The van der Waals surface area contributed by atoms with Crippen molar-refractivity contribution >= 4 is 5.91 Å². The largest absolute Gasteiger partial charge is 0.353 e. The third-order valence-electron chi connectivity index (χ3n) is 5.07. The van der Waals surface area contributed by atoms with Crippen LogP contribution in [0.3, 0.4) is 0 Å². The molecule has 3 rings (SSSR count). The topological polar surface area (TPSA) is 58.4 Å². The number of rotatable bonds is 3. The van der Waals surface area contributed by atoms with Crippen LogP contribution in [0, 0.1) is 12.8 Å². The van der Waals surface area contributed by atoms with Gasteiger partial charge in [-0.3, -0.25) is 9.69 Å². The van der Waals surface area contributed by atoms with Gasteiger partial charge in [0.2, 0.25) is 5.91 Å². The minimum Gasteiger partial charge on any atom is -0.353 e. The van der Waals surface area contributed by atoms with Gasteiger partial charge in [0.1, 0.15) is 0 Å². The summed E-state index contributed by atoms with van der Waals surface area (Å²) in [4.78, 5) is 14.0. The summed E-state index contributed by atoms with van der Waals surface area (Å²) < 4.78 is 0. The van der Waals surface area contributed by atoms with Crippen LogP contribution in [0.4, 0.5) is 0 Å². The molecule has 1 aromatic rings. The van der Waals surface area contributed by atoms with Crippen molar-refractivity contribution in [3.63, 3.8) is 0 Å². The Morgan fingerprint density at radius 2 is 2.19 bits per heavy atom. The highest BCUT2D eigenvalue weighted by molar-refractivity contribution is 5.77. The van der Waals surface area contributed by atoms with Gasteiger partial charge < -0.3 is 11.1 Å². The zero-order valence-corrected chi connectivity index (χ0v) is 12.7. The number of carbonyl (C=O) groups is 1. The molecule has 4 heteroatoms. The Labute approximate surface area is 126 Å². The molecule has 2 saturated heterocycles. The fraction of sp³-hybridized carbons (Fsp3) is 0.588. The molecular weight excluding hydrogens is 262 g/mol. The maximum atomic E-state index is 11.5. The molecule has 2 heterocycles. The Morgan fingerprint density at radius 1 is 1.38 bits per heavy atom. The average molecular weight is 287 g/mol. The van der Waals surface area contributed by atoms with Gasteiger partial charge >= 0.3 is 0 Å². The lowest BCUT2D eigenvalue weighted by Gasteiger charge is -2.44. The smallest absolute Gasteiger partial charge is 0.220 e. The third kappa shape index (κ3) is 2.97. The van der Waals surface area contributed by atoms with E-state index in [1.54, 1.807) is 0 Å². The molecule has 1 amide bonds. The van der Waals surface area contributed by atoms with E-state index in [-0.39, 0.29) is 5.91 Å². The van der Waals surface area contributed by atoms with E-state index in [2.05, 4.69) is 41.4 Å². The van der Waals surface area contributed by atoms with Gasteiger partial charge in [-0.2, -0.15) is 0 Å². The van der Waals surface area contributed by atoms with E-state index in [1.165, 1.54) is 11.1 Å². The first-order valence-corrected chi connectivity index (χ1v) is 7.98. The number of nitrogens with zero attached hydrogens (tertiary/aromatic N) is 1. The monoisotopic (exact) mass is 287 g/mol. The lowest BCUT2D eigenvalue weighted by molar-refractivity contribution is -0.125. The van der Waals surface area contributed by atoms with E-state index in [9.17, 15) is 4.79 Å². The van der Waals surface area contributed by atoms with Gasteiger partial charge in [0.15, 0.2) is 0 Å². The molecule has 3 atom stereocenters. The van der Waals surface area contributed by atoms with Gasteiger partial charge in [-0.25, -0.2) is 0 Å². The highest BCUT2D eigenvalue weighted by Gasteiger charge is 2.36. The fourth-order valence-corrected chi connectivity index (χ4v) is 3.85. The number of fused-ring (bicyclic) bond motifs is 1. The van der Waals surface area contributed by atoms with Crippen LogP contribution < -0.4 is 11.1 Å². The van der Waals surface area contributed by atoms with Crippen LogP contribution in [0.15, 0.2) is 24.3 Å². The van der Waals surface area contributed by atoms with Crippen LogP contribution in [-0.4, -0.2) is 36.5 Å². The second kappa shape index (κ2) is 6.16. The van der Waals surface area contributed by atoms with Crippen LogP contribution in [0.25, 0.3) is 0 Å². The minimum absolute atomic E-state index is 0.221. The summed E-state index contributed by atoms with van der Waals surface area (Å²) in [7, 11) is 0. The van der Waals surface area contributed by atoms with Crippen LogP contribution >= 0.6 is 0 Å². The normalized spacial score (nSPS) is 27.8. The Bertz CT molecular complexity index is 517. The Kier molecular flexibility index (Phi) is 4.27. The summed E-state index contributed by atoms with van der Waals surface area (Å²) in [6.45, 7) is 4.86. The first-order chi connectivity index (χ1) is 10.2. The van der Waals surface area contributed by atoms with Crippen LogP contribution in [-0.2, 0) is 4.79 Å². The van der Waals surface area contributed by atoms with Crippen molar-refractivity contribution in [2.45, 2.75) is 38.3 Å². The van der Waals surface area contributed by atoms with Crippen molar-refractivity contribution in [3.05, 3.63) is 35.4 Å². The predicted molar refractivity (Wildman–Crippen MR) is 83.8 cm³/mol. The second-order valence-corrected chi connectivity index (χ2v) is 6.36. The van der Waals surface area contributed by atoms with E-state index >= 15 is 0 Å². The maximum absolute atomic E-state index is 11.5. The average Bonchev–Trinajstić information content (AvgIpc) is 2.50. The number of benzene rings is 1. The van der Waals surface area contributed by atoms with E-state index in [1.807, 2.05) is 0 Å². The molecule has 2 aliphatic rings. The van der Waals surface area contributed by atoms with Crippen LogP contribution in [0.5, 0.6) is 0 Å². The third-order valence-corrected chi connectivity index (χ3v) is 5.07. The highest BCUT2D eigenvalue weighted by atomic mass is 16.1. The molecule has 2 aliphatic heterocycles. The van der Waals surface area contributed by atoms with E-state index in [0.717, 1.165) is 25.9 Å². The number of hydrogen-bond acceptors (Lipinski definition) is 3. The molecule has 0 radical (unpaired) electrons. The molecule has 3 N–H and O–H groups in total. The van der Waals surface area contributed by atoms with Gasteiger partial charge in [-0.05, 0) is 36.8 Å². The molecule has 0 aromatic heterocycles. The Balaban J connectivity index is 1.74. The lowest BCUT2D eigenvalue weighted by atomic mass is 9.84. The first-order valence-electron chi connectivity index (χ1n) is 7.98. The van der Waals surface area contributed by atoms with Crippen LogP contribution in [0.1, 0.15) is 36.4 Å². The highest BCUT2D eigenvalue weighted by Crippen LogP contribution is 2.31. The molecule has 21 heavy (non-hydrogen) atoms. The molecule has 2 fully saturated rings. The number of carbonyl (C=O) groups excluding carboxylic acids is 1. The minimum atomic E-state index is 0.221. The fourth-order valence-electron chi connectivity index (χ4n) is 3.85. The van der Waals surface area contributed by atoms with Gasteiger partial charge in [-0.15, -0.1) is 0 Å². The van der Waals surface area contributed by atoms with E-state index in [0.29, 0.717) is 31.0 Å². The summed E-state index contributed by atoms with van der Waals surface area (Å²) in [5.41, 5.74) is 8.74. The molecule has 0 spiro atoms.